The van der Waals surface area contributed by atoms with Gasteiger partial charge < -0.3 is 11.1 Å². The van der Waals surface area contributed by atoms with Gasteiger partial charge in [0.1, 0.15) is 11.5 Å². The summed E-state index contributed by atoms with van der Waals surface area (Å²) in [6.45, 7) is 2.00. The predicted octanol–water partition coefficient (Wildman–Crippen LogP) is 5.07. The summed E-state index contributed by atoms with van der Waals surface area (Å²) in [6.07, 6.45) is 9.31. The highest BCUT2D eigenvalue weighted by atomic mass is 35.5. The number of pyridine rings is 2. The van der Waals surface area contributed by atoms with E-state index in [1.165, 1.54) is 0 Å². The summed E-state index contributed by atoms with van der Waals surface area (Å²) in [6, 6.07) is 9.48. The van der Waals surface area contributed by atoms with Crippen molar-refractivity contribution in [3.63, 3.8) is 0 Å². The van der Waals surface area contributed by atoms with Crippen molar-refractivity contribution in [1.29, 1.82) is 0 Å². The molecule has 0 spiro atoms. The molecule has 0 radical (unpaired) electrons. The van der Waals surface area contributed by atoms with E-state index in [4.69, 9.17) is 5.73 Å². The number of benzene rings is 1. The molecule has 170 valence electrons. The Hall–Kier alpha value is -2.45. The summed E-state index contributed by atoms with van der Waals surface area (Å²) in [5.41, 5.74) is 8.55. The molecule has 3 aromatic heterocycles. The minimum Gasteiger partial charge on any atom is -0.383 e. The number of nitrogens with one attached hydrogen (secondary N) is 1. The molecule has 4 heterocycles. The number of halogens is 4. The number of aromatic nitrogens is 4. The molecule has 1 aliphatic rings. The molecule has 0 unspecified atom stereocenters. The van der Waals surface area contributed by atoms with Crippen LogP contribution in [-0.4, -0.2) is 32.8 Å². The number of piperidine rings is 1. The lowest BCUT2D eigenvalue weighted by atomic mass is 10.0. The lowest BCUT2D eigenvalue weighted by Gasteiger charge is -2.22. The lowest BCUT2D eigenvalue weighted by Crippen LogP contribution is -2.29. The average Bonchev–Trinajstić information content (AvgIpc) is 3.26. The van der Waals surface area contributed by atoms with Crippen molar-refractivity contribution >= 4 is 53.8 Å². The Labute approximate surface area is 204 Å². The Morgan fingerprint density at radius 3 is 2.50 bits per heavy atom. The maximum absolute atomic E-state index is 15.1. The summed E-state index contributed by atoms with van der Waals surface area (Å²) in [5, 5.41) is 9.17. The van der Waals surface area contributed by atoms with Crippen LogP contribution in [0.5, 0.6) is 0 Å². The Morgan fingerprint density at radius 2 is 1.72 bits per heavy atom. The van der Waals surface area contributed by atoms with Crippen molar-refractivity contribution in [3.8, 4) is 22.4 Å². The van der Waals surface area contributed by atoms with Crippen molar-refractivity contribution in [2.45, 2.75) is 18.9 Å². The zero-order chi connectivity index (χ0) is 19.8. The number of rotatable bonds is 3. The number of anilines is 1. The standard InChI is InChI=1S/C22H21FN6.3ClH/c23-20-18-4-2-1-3-14(18)10-26-21(20)19-9-15(11-27-22(19)24)16-12-28-29(13-16)17-5-7-25-8-6-17;;;/h1-4,9-13,17,25H,5-8H2,(H2,24,27);3*1H. The molecular formula is C22H24Cl3FN6. The summed E-state index contributed by atoms with van der Waals surface area (Å²) in [5.74, 6) is -0.139. The Balaban J connectivity index is 0.00000121. The molecule has 0 amide bonds. The zero-order valence-electron chi connectivity index (χ0n) is 17.1. The van der Waals surface area contributed by atoms with Crippen LogP contribution in [0.1, 0.15) is 18.9 Å². The van der Waals surface area contributed by atoms with Gasteiger partial charge in [-0.2, -0.15) is 5.10 Å². The molecule has 1 saturated heterocycles. The number of nitrogen functional groups attached to an aromatic ring is 1. The summed E-state index contributed by atoms with van der Waals surface area (Å²) in [4.78, 5) is 8.63. The smallest absolute Gasteiger partial charge is 0.157 e. The molecule has 0 bridgehead atoms. The first kappa shape index (κ1) is 25.8. The van der Waals surface area contributed by atoms with E-state index >= 15 is 4.39 Å². The molecule has 1 fully saturated rings. The molecular weight excluding hydrogens is 474 g/mol. The largest absolute Gasteiger partial charge is 0.383 e. The van der Waals surface area contributed by atoms with Gasteiger partial charge in [-0.15, -0.1) is 37.2 Å². The van der Waals surface area contributed by atoms with E-state index in [1.54, 1.807) is 18.5 Å². The van der Waals surface area contributed by atoms with Gasteiger partial charge in [0.25, 0.3) is 0 Å². The third-order valence-corrected chi connectivity index (χ3v) is 5.53. The van der Waals surface area contributed by atoms with Gasteiger partial charge >= 0.3 is 0 Å². The lowest BCUT2D eigenvalue weighted by molar-refractivity contribution is 0.343. The van der Waals surface area contributed by atoms with Crippen LogP contribution in [0, 0.1) is 5.82 Å². The van der Waals surface area contributed by atoms with Crippen molar-refractivity contribution in [3.05, 3.63) is 60.9 Å². The minimum atomic E-state index is -0.390. The summed E-state index contributed by atoms with van der Waals surface area (Å²) < 4.78 is 17.2. The minimum absolute atomic E-state index is 0. The molecule has 1 aliphatic heterocycles. The number of nitrogens with zero attached hydrogens (tertiary/aromatic N) is 4. The number of nitrogens with two attached hydrogens (primary N) is 1. The molecule has 0 aliphatic carbocycles. The third kappa shape index (κ3) is 4.81. The molecule has 5 rings (SSSR count). The average molecular weight is 498 g/mol. The van der Waals surface area contributed by atoms with E-state index in [0.717, 1.165) is 42.4 Å². The number of hydrogen-bond acceptors (Lipinski definition) is 5. The Kier molecular flexibility index (Phi) is 8.81. The fourth-order valence-electron chi connectivity index (χ4n) is 3.90. The second-order valence-electron chi connectivity index (χ2n) is 7.36. The van der Waals surface area contributed by atoms with Gasteiger partial charge in [0, 0.05) is 46.1 Å². The van der Waals surface area contributed by atoms with Crippen molar-refractivity contribution < 1.29 is 4.39 Å². The third-order valence-electron chi connectivity index (χ3n) is 5.53. The topological polar surface area (TPSA) is 81.6 Å². The highest BCUT2D eigenvalue weighted by Crippen LogP contribution is 2.33. The SMILES string of the molecule is Cl.Cl.Cl.Nc1ncc(-c2cnn(C3CCNCC3)c2)cc1-c1ncc2ccccc2c1F. The van der Waals surface area contributed by atoms with Crippen LogP contribution in [0.25, 0.3) is 33.2 Å². The van der Waals surface area contributed by atoms with E-state index in [-0.39, 0.29) is 54.6 Å². The molecule has 1 aromatic carbocycles. The molecule has 6 nitrogen and oxygen atoms in total. The molecule has 10 heteroatoms. The van der Waals surface area contributed by atoms with E-state index in [0.29, 0.717) is 17.0 Å². The van der Waals surface area contributed by atoms with Gasteiger partial charge in [-0.1, -0.05) is 24.3 Å². The summed E-state index contributed by atoms with van der Waals surface area (Å²) in [7, 11) is 0. The van der Waals surface area contributed by atoms with Gasteiger partial charge in [0.05, 0.1) is 12.2 Å². The van der Waals surface area contributed by atoms with Gasteiger partial charge in [0.15, 0.2) is 5.82 Å². The van der Waals surface area contributed by atoms with Crippen molar-refractivity contribution in [2.75, 3.05) is 18.8 Å². The highest BCUT2D eigenvalue weighted by molar-refractivity contribution is 5.88. The second kappa shape index (κ2) is 10.9. The predicted molar refractivity (Wildman–Crippen MR) is 133 cm³/mol. The molecule has 32 heavy (non-hydrogen) atoms. The maximum atomic E-state index is 15.1. The van der Waals surface area contributed by atoms with E-state index in [1.807, 2.05) is 41.3 Å². The maximum Gasteiger partial charge on any atom is 0.157 e. The Morgan fingerprint density at radius 1 is 0.969 bits per heavy atom. The summed E-state index contributed by atoms with van der Waals surface area (Å²) >= 11 is 0. The zero-order valence-corrected chi connectivity index (χ0v) is 19.5. The first-order valence-corrected chi connectivity index (χ1v) is 9.75. The highest BCUT2D eigenvalue weighted by Gasteiger charge is 2.18. The van der Waals surface area contributed by atoms with Gasteiger partial charge in [-0.25, -0.2) is 9.37 Å². The van der Waals surface area contributed by atoms with Gasteiger partial charge in [0.2, 0.25) is 0 Å². The fourth-order valence-corrected chi connectivity index (χ4v) is 3.90. The number of hydrogen-bond donors (Lipinski definition) is 2. The van der Waals surface area contributed by atoms with Crippen molar-refractivity contribution in [1.82, 2.24) is 25.1 Å². The first-order chi connectivity index (χ1) is 14.2. The number of fused-ring (bicyclic) bond motifs is 1. The molecule has 0 saturated carbocycles. The molecule has 3 N–H and O–H groups in total. The quantitative estimate of drug-likeness (QED) is 0.413. The van der Waals surface area contributed by atoms with Crippen LogP contribution in [0.4, 0.5) is 10.2 Å². The van der Waals surface area contributed by atoms with Crippen LogP contribution < -0.4 is 11.1 Å². The van der Waals surface area contributed by atoms with Crippen LogP contribution in [0.15, 0.2) is 55.1 Å². The normalized spacial score (nSPS) is 13.7. The first-order valence-electron chi connectivity index (χ1n) is 9.75. The van der Waals surface area contributed by atoms with E-state index in [2.05, 4.69) is 20.4 Å². The van der Waals surface area contributed by atoms with Crippen LogP contribution in [-0.2, 0) is 0 Å². The fraction of sp³-hybridized carbons (Fsp3) is 0.227. The van der Waals surface area contributed by atoms with Gasteiger partial charge in [-0.3, -0.25) is 9.67 Å². The van der Waals surface area contributed by atoms with Crippen molar-refractivity contribution in [2.24, 2.45) is 0 Å². The monoisotopic (exact) mass is 496 g/mol. The van der Waals surface area contributed by atoms with E-state index in [9.17, 15) is 0 Å². The van der Waals surface area contributed by atoms with Crippen LogP contribution >= 0.6 is 37.2 Å². The Bertz CT molecular complexity index is 1190. The van der Waals surface area contributed by atoms with E-state index < -0.39 is 0 Å². The van der Waals surface area contributed by atoms with Gasteiger partial charge in [-0.05, 0) is 32.0 Å². The molecule has 4 aromatic rings. The van der Waals surface area contributed by atoms with Crippen LogP contribution in [0.2, 0.25) is 0 Å². The molecule has 0 atom stereocenters. The second-order valence-corrected chi connectivity index (χ2v) is 7.36. The van der Waals surface area contributed by atoms with Crippen LogP contribution in [0.3, 0.4) is 0 Å².